The van der Waals surface area contributed by atoms with Crippen molar-refractivity contribution < 1.29 is 12.8 Å². The third-order valence-electron chi connectivity index (χ3n) is 4.31. The molecule has 0 saturated carbocycles. The fourth-order valence-corrected chi connectivity index (χ4v) is 5.28. The lowest BCUT2D eigenvalue weighted by molar-refractivity contribution is 0.322. The molecule has 0 aliphatic carbocycles. The van der Waals surface area contributed by atoms with Crippen molar-refractivity contribution in [3.63, 3.8) is 0 Å². The van der Waals surface area contributed by atoms with E-state index in [-0.39, 0.29) is 22.0 Å². The minimum Gasteiger partial charge on any atom is -0.312 e. The van der Waals surface area contributed by atoms with Crippen molar-refractivity contribution >= 4 is 21.6 Å². The van der Waals surface area contributed by atoms with Crippen LogP contribution in [0.3, 0.4) is 0 Å². The Bertz CT molecular complexity index is 632. The predicted molar refractivity (Wildman–Crippen MR) is 79.3 cm³/mol. The van der Waals surface area contributed by atoms with Gasteiger partial charge in [-0.1, -0.05) is 11.6 Å². The summed E-state index contributed by atoms with van der Waals surface area (Å²) in [4.78, 5) is 0.0683. The van der Waals surface area contributed by atoms with E-state index in [0.29, 0.717) is 6.54 Å². The smallest absolute Gasteiger partial charge is 0.243 e. The maximum absolute atomic E-state index is 13.2. The highest BCUT2D eigenvalue weighted by atomic mass is 35.5. The van der Waals surface area contributed by atoms with E-state index in [9.17, 15) is 12.8 Å². The molecule has 0 aromatic heterocycles. The summed E-state index contributed by atoms with van der Waals surface area (Å²) in [5.74, 6) is -0.606. The van der Waals surface area contributed by atoms with Gasteiger partial charge in [0.1, 0.15) is 5.82 Å². The molecule has 7 heteroatoms. The number of nitrogens with one attached hydrogen (secondary N) is 1. The molecular formula is C14H18ClFN2O2S. The number of halogens is 2. The van der Waals surface area contributed by atoms with E-state index in [2.05, 4.69) is 5.32 Å². The molecule has 2 saturated heterocycles. The maximum Gasteiger partial charge on any atom is 0.243 e. The van der Waals surface area contributed by atoms with Crippen molar-refractivity contribution in [1.29, 1.82) is 0 Å². The SMILES string of the molecule is O=S(=O)(c1ccc(F)c(Cl)c1)N1CCCC1C1CCCN1. The van der Waals surface area contributed by atoms with Crippen LogP contribution >= 0.6 is 11.6 Å². The number of sulfonamides is 1. The molecule has 1 aromatic carbocycles. The molecule has 21 heavy (non-hydrogen) atoms. The van der Waals surface area contributed by atoms with Gasteiger partial charge in [-0.2, -0.15) is 4.31 Å². The van der Waals surface area contributed by atoms with Gasteiger partial charge in [0.05, 0.1) is 9.92 Å². The fraction of sp³-hybridized carbons (Fsp3) is 0.571. The highest BCUT2D eigenvalue weighted by Crippen LogP contribution is 2.31. The molecule has 2 aliphatic heterocycles. The van der Waals surface area contributed by atoms with E-state index in [1.54, 1.807) is 4.31 Å². The van der Waals surface area contributed by atoms with Gasteiger partial charge in [-0.25, -0.2) is 12.8 Å². The Morgan fingerprint density at radius 2 is 2.10 bits per heavy atom. The Kier molecular flexibility index (Phi) is 4.23. The molecule has 116 valence electrons. The molecular weight excluding hydrogens is 315 g/mol. The summed E-state index contributed by atoms with van der Waals surface area (Å²) in [5, 5.41) is 3.22. The lowest BCUT2D eigenvalue weighted by Gasteiger charge is -2.28. The third kappa shape index (κ3) is 2.82. The van der Waals surface area contributed by atoms with Gasteiger partial charge in [-0.3, -0.25) is 0 Å². The van der Waals surface area contributed by atoms with Crippen molar-refractivity contribution in [3.05, 3.63) is 29.0 Å². The monoisotopic (exact) mass is 332 g/mol. The van der Waals surface area contributed by atoms with Crippen LogP contribution in [0.1, 0.15) is 25.7 Å². The Morgan fingerprint density at radius 3 is 2.76 bits per heavy atom. The van der Waals surface area contributed by atoms with E-state index in [1.165, 1.54) is 12.1 Å². The molecule has 2 fully saturated rings. The van der Waals surface area contributed by atoms with Gasteiger partial charge in [-0.15, -0.1) is 0 Å². The molecule has 3 rings (SSSR count). The molecule has 0 spiro atoms. The minimum atomic E-state index is -3.62. The Morgan fingerprint density at radius 1 is 1.29 bits per heavy atom. The van der Waals surface area contributed by atoms with Crippen molar-refractivity contribution in [2.24, 2.45) is 0 Å². The fourth-order valence-electron chi connectivity index (χ4n) is 3.28. The quantitative estimate of drug-likeness (QED) is 0.924. The van der Waals surface area contributed by atoms with Crippen LogP contribution in [0, 0.1) is 5.82 Å². The zero-order chi connectivity index (χ0) is 15.0. The number of nitrogens with zero attached hydrogens (tertiary/aromatic N) is 1. The second-order valence-electron chi connectivity index (χ2n) is 5.60. The Balaban J connectivity index is 1.91. The lowest BCUT2D eigenvalue weighted by atomic mass is 10.1. The summed E-state index contributed by atoms with van der Waals surface area (Å²) in [5.41, 5.74) is 0. The highest BCUT2D eigenvalue weighted by molar-refractivity contribution is 7.89. The van der Waals surface area contributed by atoms with E-state index in [0.717, 1.165) is 38.3 Å². The van der Waals surface area contributed by atoms with E-state index in [4.69, 9.17) is 11.6 Å². The lowest BCUT2D eigenvalue weighted by Crippen LogP contribution is -2.46. The first-order valence-corrected chi connectivity index (χ1v) is 9.02. The average Bonchev–Trinajstić information content (AvgIpc) is 3.11. The average molecular weight is 333 g/mol. The van der Waals surface area contributed by atoms with Crippen LogP contribution in [0.2, 0.25) is 5.02 Å². The van der Waals surface area contributed by atoms with Crippen molar-refractivity contribution in [2.75, 3.05) is 13.1 Å². The molecule has 0 amide bonds. The standard InChI is InChI=1S/C14H18ClFN2O2S/c15-11-9-10(5-6-12(11)16)21(19,20)18-8-2-4-14(18)13-3-1-7-17-13/h5-6,9,13-14,17H,1-4,7-8H2. The zero-order valence-corrected chi connectivity index (χ0v) is 13.1. The minimum absolute atomic E-state index is 0.0127. The van der Waals surface area contributed by atoms with Gasteiger partial charge >= 0.3 is 0 Å². The topological polar surface area (TPSA) is 49.4 Å². The van der Waals surface area contributed by atoms with Crippen LogP contribution in [0.25, 0.3) is 0 Å². The summed E-state index contributed by atoms with van der Waals surface area (Å²) >= 11 is 5.72. The van der Waals surface area contributed by atoms with Crippen LogP contribution in [-0.2, 0) is 10.0 Å². The normalized spacial score (nSPS) is 27.3. The first-order chi connectivity index (χ1) is 10.00. The van der Waals surface area contributed by atoms with Crippen molar-refractivity contribution in [3.8, 4) is 0 Å². The molecule has 1 N–H and O–H groups in total. The summed E-state index contributed by atoms with van der Waals surface area (Å²) < 4.78 is 40.4. The summed E-state index contributed by atoms with van der Waals surface area (Å²) in [6.07, 6.45) is 3.81. The van der Waals surface area contributed by atoms with Gasteiger partial charge in [0.25, 0.3) is 0 Å². The predicted octanol–water partition coefficient (Wildman–Crippen LogP) is 2.38. The first-order valence-electron chi connectivity index (χ1n) is 7.20. The summed E-state index contributed by atoms with van der Waals surface area (Å²) in [6.45, 7) is 1.46. The van der Waals surface area contributed by atoms with Crippen molar-refractivity contribution in [1.82, 2.24) is 9.62 Å². The molecule has 2 aliphatic rings. The number of benzene rings is 1. The second-order valence-corrected chi connectivity index (χ2v) is 7.90. The molecule has 1 aromatic rings. The molecule has 4 nitrogen and oxygen atoms in total. The first kappa shape index (κ1) is 15.2. The van der Waals surface area contributed by atoms with Crippen molar-refractivity contribution in [2.45, 2.75) is 42.7 Å². The van der Waals surface area contributed by atoms with Gasteiger partial charge in [0.2, 0.25) is 10.0 Å². The Hall–Kier alpha value is -0.690. The number of rotatable bonds is 3. The molecule has 2 atom stereocenters. The highest BCUT2D eigenvalue weighted by Gasteiger charge is 2.40. The van der Waals surface area contributed by atoms with Gasteiger partial charge in [0, 0.05) is 18.6 Å². The molecule has 0 bridgehead atoms. The van der Waals surface area contributed by atoms with Gasteiger partial charge in [-0.05, 0) is 50.4 Å². The molecule has 2 heterocycles. The second kappa shape index (κ2) is 5.83. The summed E-state index contributed by atoms with van der Waals surface area (Å²) in [6, 6.07) is 3.80. The number of hydrogen-bond acceptors (Lipinski definition) is 3. The van der Waals surface area contributed by atoms with E-state index in [1.807, 2.05) is 0 Å². The summed E-state index contributed by atoms with van der Waals surface area (Å²) in [7, 11) is -3.62. The van der Waals surface area contributed by atoms with E-state index >= 15 is 0 Å². The zero-order valence-electron chi connectivity index (χ0n) is 11.6. The maximum atomic E-state index is 13.2. The number of hydrogen-bond donors (Lipinski definition) is 1. The molecule has 2 unspecified atom stereocenters. The van der Waals surface area contributed by atoms with Crippen LogP contribution in [0.5, 0.6) is 0 Å². The largest absolute Gasteiger partial charge is 0.312 e. The van der Waals surface area contributed by atoms with Crippen LogP contribution in [-0.4, -0.2) is 37.9 Å². The Labute approximate surface area is 129 Å². The van der Waals surface area contributed by atoms with Gasteiger partial charge in [0.15, 0.2) is 0 Å². The van der Waals surface area contributed by atoms with Gasteiger partial charge < -0.3 is 5.32 Å². The molecule has 0 radical (unpaired) electrons. The van der Waals surface area contributed by atoms with Crippen LogP contribution in [0.4, 0.5) is 4.39 Å². The van der Waals surface area contributed by atoms with Crippen LogP contribution < -0.4 is 5.32 Å². The van der Waals surface area contributed by atoms with Crippen LogP contribution in [0.15, 0.2) is 23.1 Å². The third-order valence-corrected chi connectivity index (χ3v) is 6.52. The van der Waals surface area contributed by atoms with E-state index < -0.39 is 15.8 Å².